The summed E-state index contributed by atoms with van der Waals surface area (Å²) in [5, 5.41) is -0.314. The van der Waals surface area contributed by atoms with Gasteiger partial charge in [-0.25, -0.2) is 0 Å². The minimum atomic E-state index is -0.340. The van der Waals surface area contributed by atoms with Crippen LogP contribution in [-0.2, 0) is 4.79 Å². The van der Waals surface area contributed by atoms with Crippen LogP contribution in [0.2, 0.25) is 0 Å². The summed E-state index contributed by atoms with van der Waals surface area (Å²) in [6.07, 6.45) is 1.65. The number of rotatable bonds is 7. The van der Waals surface area contributed by atoms with Crippen LogP contribution >= 0.6 is 11.8 Å². The Balaban J connectivity index is 1.70. The number of methoxy groups -OCH3 is 2. The number of amides is 2. The lowest BCUT2D eigenvalue weighted by atomic mass is 10.1. The zero-order chi connectivity index (χ0) is 20.1. The van der Waals surface area contributed by atoms with Crippen molar-refractivity contribution in [2.45, 2.75) is 6.92 Å². The van der Waals surface area contributed by atoms with Gasteiger partial charge in [0.1, 0.15) is 12.4 Å². The molecule has 28 heavy (non-hydrogen) atoms. The summed E-state index contributed by atoms with van der Waals surface area (Å²) < 4.78 is 16.3. The molecule has 0 spiro atoms. The number of para-hydroxylation sites is 1. The molecule has 0 atom stereocenters. The number of hydrogen-bond donors (Lipinski definition) is 0. The third-order valence-electron chi connectivity index (χ3n) is 4.17. The van der Waals surface area contributed by atoms with E-state index >= 15 is 0 Å². The quantitative estimate of drug-likeness (QED) is 0.653. The fourth-order valence-corrected chi connectivity index (χ4v) is 3.68. The Morgan fingerprint density at radius 2 is 1.86 bits per heavy atom. The average molecular weight is 399 g/mol. The highest BCUT2D eigenvalue weighted by Crippen LogP contribution is 2.37. The molecule has 3 rings (SSSR count). The second-order valence-electron chi connectivity index (χ2n) is 6.08. The minimum absolute atomic E-state index is 0.186. The normalized spacial score (nSPS) is 15.2. The summed E-state index contributed by atoms with van der Waals surface area (Å²) >= 11 is 0.905. The fourth-order valence-electron chi connectivity index (χ4n) is 2.82. The van der Waals surface area contributed by atoms with Gasteiger partial charge in [0.15, 0.2) is 11.5 Å². The van der Waals surface area contributed by atoms with Crippen LogP contribution in [0.25, 0.3) is 6.08 Å². The van der Waals surface area contributed by atoms with Crippen LogP contribution in [0.15, 0.2) is 47.4 Å². The SMILES string of the molecule is COc1cccc(/C=C2\SC(=O)N(CCOc3cccc(C)c3)C2=O)c1OC. The Hall–Kier alpha value is -2.93. The number of thioether (sulfide) groups is 1. The van der Waals surface area contributed by atoms with Crippen molar-refractivity contribution >= 4 is 29.0 Å². The molecule has 7 heteroatoms. The number of hydrogen-bond acceptors (Lipinski definition) is 6. The molecule has 0 bridgehead atoms. The zero-order valence-electron chi connectivity index (χ0n) is 15.9. The maximum atomic E-state index is 12.7. The van der Waals surface area contributed by atoms with Crippen LogP contribution in [0.1, 0.15) is 11.1 Å². The summed E-state index contributed by atoms with van der Waals surface area (Å²) in [4.78, 5) is 26.5. The van der Waals surface area contributed by atoms with Gasteiger partial charge in [-0.2, -0.15) is 0 Å². The molecule has 1 aliphatic heterocycles. The molecule has 2 aromatic rings. The van der Waals surface area contributed by atoms with Crippen LogP contribution in [0.4, 0.5) is 4.79 Å². The molecule has 1 fully saturated rings. The van der Waals surface area contributed by atoms with E-state index in [0.29, 0.717) is 27.7 Å². The molecule has 1 heterocycles. The molecule has 0 aromatic heterocycles. The van der Waals surface area contributed by atoms with Gasteiger partial charge in [-0.1, -0.05) is 24.3 Å². The van der Waals surface area contributed by atoms with Crippen LogP contribution in [-0.4, -0.2) is 43.4 Å². The molecule has 6 nitrogen and oxygen atoms in total. The van der Waals surface area contributed by atoms with Crippen molar-refractivity contribution < 1.29 is 23.8 Å². The van der Waals surface area contributed by atoms with E-state index in [4.69, 9.17) is 14.2 Å². The number of carbonyl (C=O) groups excluding carboxylic acids is 2. The molecule has 0 saturated carbocycles. The molecule has 0 radical (unpaired) electrons. The predicted octanol–water partition coefficient (Wildman–Crippen LogP) is 4.13. The highest BCUT2D eigenvalue weighted by molar-refractivity contribution is 8.18. The third kappa shape index (κ3) is 4.31. The van der Waals surface area contributed by atoms with Crippen molar-refractivity contribution in [3.63, 3.8) is 0 Å². The lowest BCUT2D eigenvalue weighted by Gasteiger charge is -2.13. The fraction of sp³-hybridized carbons (Fsp3) is 0.238. The second-order valence-corrected chi connectivity index (χ2v) is 7.07. The Bertz CT molecular complexity index is 925. The molecule has 0 N–H and O–H groups in total. The van der Waals surface area contributed by atoms with E-state index in [2.05, 4.69) is 0 Å². The monoisotopic (exact) mass is 399 g/mol. The largest absolute Gasteiger partial charge is 0.493 e. The Morgan fingerprint density at radius 1 is 1.07 bits per heavy atom. The lowest BCUT2D eigenvalue weighted by molar-refractivity contribution is -0.123. The van der Waals surface area contributed by atoms with Crippen LogP contribution in [0, 0.1) is 6.92 Å². The topological polar surface area (TPSA) is 65.1 Å². The smallest absolute Gasteiger partial charge is 0.293 e. The molecule has 2 amide bonds. The number of imide groups is 1. The van der Waals surface area contributed by atoms with Gasteiger partial charge in [-0.05, 0) is 48.5 Å². The first kappa shape index (κ1) is 19.8. The van der Waals surface area contributed by atoms with E-state index in [-0.39, 0.29) is 24.3 Å². The average Bonchev–Trinajstić information content (AvgIpc) is 2.95. The van der Waals surface area contributed by atoms with Crippen molar-refractivity contribution in [3.8, 4) is 17.2 Å². The van der Waals surface area contributed by atoms with Gasteiger partial charge < -0.3 is 14.2 Å². The van der Waals surface area contributed by atoms with Gasteiger partial charge in [-0.3, -0.25) is 14.5 Å². The van der Waals surface area contributed by atoms with E-state index in [1.165, 1.54) is 12.0 Å². The van der Waals surface area contributed by atoms with Crippen molar-refractivity contribution in [2.24, 2.45) is 0 Å². The van der Waals surface area contributed by atoms with E-state index in [1.807, 2.05) is 31.2 Å². The van der Waals surface area contributed by atoms with E-state index in [9.17, 15) is 9.59 Å². The summed E-state index contributed by atoms with van der Waals surface area (Å²) in [6, 6.07) is 13.0. The number of benzene rings is 2. The van der Waals surface area contributed by atoms with Crippen molar-refractivity contribution in [2.75, 3.05) is 27.4 Å². The van der Waals surface area contributed by atoms with Gasteiger partial charge in [0.25, 0.3) is 11.1 Å². The Labute approximate surface area is 168 Å². The molecule has 0 aliphatic carbocycles. The molecule has 2 aromatic carbocycles. The maximum absolute atomic E-state index is 12.7. The van der Waals surface area contributed by atoms with Gasteiger partial charge in [0, 0.05) is 5.56 Å². The third-order valence-corrected chi connectivity index (χ3v) is 5.07. The van der Waals surface area contributed by atoms with Gasteiger partial charge >= 0.3 is 0 Å². The summed E-state index contributed by atoms with van der Waals surface area (Å²) in [5.41, 5.74) is 1.75. The van der Waals surface area contributed by atoms with Gasteiger partial charge in [0.05, 0.1) is 25.7 Å². The highest BCUT2D eigenvalue weighted by atomic mass is 32.2. The standard InChI is InChI=1S/C21H21NO5S/c1-14-6-4-8-16(12-14)27-11-10-22-20(23)18(28-21(22)24)13-15-7-5-9-17(25-2)19(15)26-3/h4-9,12-13H,10-11H2,1-3H3/b18-13-. The molecule has 1 aliphatic rings. The van der Waals surface area contributed by atoms with Crippen molar-refractivity contribution in [3.05, 3.63) is 58.5 Å². The van der Waals surface area contributed by atoms with Crippen LogP contribution in [0.5, 0.6) is 17.2 Å². The molecular weight excluding hydrogens is 378 g/mol. The summed E-state index contributed by atoms with van der Waals surface area (Å²) in [7, 11) is 3.08. The van der Waals surface area contributed by atoms with Gasteiger partial charge in [-0.15, -0.1) is 0 Å². The Morgan fingerprint density at radius 3 is 2.57 bits per heavy atom. The van der Waals surface area contributed by atoms with Crippen molar-refractivity contribution in [1.29, 1.82) is 0 Å². The molecule has 1 saturated heterocycles. The minimum Gasteiger partial charge on any atom is -0.493 e. The Kier molecular flexibility index (Phi) is 6.26. The zero-order valence-corrected chi connectivity index (χ0v) is 16.7. The lowest BCUT2D eigenvalue weighted by Crippen LogP contribution is -2.32. The molecule has 0 unspecified atom stereocenters. The number of carbonyl (C=O) groups is 2. The highest BCUT2D eigenvalue weighted by Gasteiger charge is 2.35. The maximum Gasteiger partial charge on any atom is 0.293 e. The molecule has 146 valence electrons. The molecular formula is C21H21NO5S. The number of aryl methyl sites for hydroxylation is 1. The van der Waals surface area contributed by atoms with E-state index in [1.54, 1.807) is 31.4 Å². The summed E-state index contributed by atoms with van der Waals surface area (Å²) in [6.45, 7) is 2.39. The van der Waals surface area contributed by atoms with Crippen LogP contribution < -0.4 is 14.2 Å². The number of nitrogens with zero attached hydrogens (tertiary/aromatic N) is 1. The van der Waals surface area contributed by atoms with E-state index in [0.717, 1.165) is 17.3 Å². The van der Waals surface area contributed by atoms with Crippen molar-refractivity contribution in [1.82, 2.24) is 4.90 Å². The van der Waals surface area contributed by atoms with E-state index < -0.39 is 0 Å². The summed E-state index contributed by atoms with van der Waals surface area (Å²) in [5.74, 6) is 1.44. The first-order valence-electron chi connectivity index (χ1n) is 8.69. The second kappa shape index (κ2) is 8.84. The van der Waals surface area contributed by atoms with Gasteiger partial charge in [0.2, 0.25) is 0 Å². The van der Waals surface area contributed by atoms with Crippen LogP contribution in [0.3, 0.4) is 0 Å². The first-order valence-corrected chi connectivity index (χ1v) is 9.51. The first-order chi connectivity index (χ1) is 13.5. The number of ether oxygens (including phenoxy) is 3. The predicted molar refractivity (Wildman–Crippen MR) is 109 cm³/mol.